The van der Waals surface area contributed by atoms with Gasteiger partial charge in [0.1, 0.15) is 6.54 Å². The molecule has 0 heterocycles. The third kappa shape index (κ3) is 5.89. The number of sulfonamides is 1. The fourth-order valence-corrected chi connectivity index (χ4v) is 4.05. The molecule has 6 nitrogen and oxygen atoms in total. The van der Waals surface area contributed by atoms with E-state index in [9.17, 15) is 13.2 Å². The van der Waals surface area contributed by atoms with E-state index in [0.717, 1.165) is 25.2 Å². The van der Waals surface area contributed by atoms with Crippen molar-refractivity contribution in [3.05, 3.63) is 65.2 Å². The van der Waals surface area contributed by atoms with Gasteiger partial charge in [0, 0.05) is 24.2 Å². The van der Waals surface area contributed by atoms with Gasteiger partial charge in [-0.3, -0.25) is 4.79 Å². The number of hydrogen-bond acceptors (Lipinski definition) is 3. The Bertz CT molecular complexity index is 876. The van der Waals surface area contributed by atoms with Crippen LogP contribution >= 0.6 is 0 Å². The molecule has 0 saturated heterocycles. The van der Waals surface area contributed by atoms with Gasteiger partial charge in [0.2, 0.25) is 10.0 Å². The molecule has 2 aromatic rings. The van der Waals surface area contributed by atoms with Crippen molar-refractivity contribution in [2.75, 3.05) is 19.6 Å². The van der Waals surface area contributed by atoms with E-state index in [2.05, 4.69) is 30.0 Å². The molecule has 0 radical (unpaired) electrons. The van der Waals surface area contributed by atoms with Gasteiger partial charge >= 0.3 is 0 Å². The number of hydrogen-bond donors (Lipinski definition) is 3. The quantitative estimate of drug-likeness (QED) is 0.559. The number of carbonyl (C=O) groups excluding carboxylic acids is 1. The van der Waals surface area contributed by atoms with Crippen LogP contribution in [0.2, 0.25) is 0 Å². The predicted octanol–water partition coefficient (Wildman–Crippen LogP) is 1.34. The van der Waals surface area contributed by atoms with Gasteiger partial charge in [0.15, 0.2) is 0 Å². The van der Waals surface area contributed by atoms with Gasteiger partial charge in [-0.25, -0.2) is 13.1 Å². The highest BCUT2D eigenvalue weighted by molar-refractivity contribution is 7.89. The van der Waals surface area contributed by atoms with Crippen LogP contribution in [0.3, 0.4) is 0 Å². The van der Waals surface area contributed by atoms with Gasteiger partial charge in [-0.15, -0.1) is 0 Å². The van der Waals surface area contributed by atoms with Crippen LogP contribution in [0.25, 0.3) is 0 Å². The minimum Gasteiger partial charge on any atom is -0.348 e. The molecule has 0 saturated carbocycles. The van der Waals surface area contributed by atoms with Crippen molar-refractivity contribution in [1.82, 2.24) is 10.0 Å². The van der Waals surface area contributed by atoms with Crippen LogP contribution in [-0.2, 0) is 23.1 Å². The Balaban J connectivity index is 2.05. The Morgan fingerprint density at radius 2 is 1.54 bits per heavy atom. The summed E-state index contributed by atoms with van der Waals surface area (Å²) < 4.78 is 26.4. The second-order valence-corrected chi connectivity index (χ2v) is 8.38. The van der Waals surface area contributed by atoms with Crippen molar-refractivity contribution < 1.29 is 18.1 Å². The molecule has 2 aromatic carbocycles. The lowest BCUT2D eigenvalue weighted by Gasteiger charge is -2.18. The number of rotatable bonds is 10. The highest BCUT2D eigenvalue weighted by Crippen LogP contribution is 2.11. The number of nitrogens with one attached hydrogen (secondary N) is 3. The molecule has 0 aliphatic heterocycles. The lowest BCUT2D eigenvalue weighted by Crippen LogP contribution is -3.10. The summed E-state index contributed by atoms with van der Waals surface area (Å²) in [6.45, 7) is 9.85. The Labute approximate surface area is 168 Å². The zero-order valence-corrected chi connectivity index (χ0v) is 17.6. The largest absolute Gasteiger partial charge is 0.348 e. The van der Waals surface area contributed by atoms with Gasteiger partial charge in [-0.2, -0.15) is 0 Å². The molecule has 0 aliphatic rings. The molecule has 0 aromatic heterocycles. The molecule has 0 fully saturated rings. The SMILES string of the molecule is CCNS(=O)(=O)c1ccc(C(=O)NCc2ccccc2C[NH+](CC)CC)cc1. The molecule has 0 bridgehead atoms. The second kappa shape index (κ2) is 10.4. The van der Waals surface area contributed by atoms with E-state index < -0.39 is 10.0 Å². The number of carbonyl (C=O) groups is 1. The number of amides is 1. The lowest BCUT2D eigenvalue weighted by atomic mass is 10.1. The van der Waals surface area contributed by atoms with Gasteiger partial charge in [-0.05, 0) is 43.7 Å². The van der Waals surface area contributed by atoms with Crippen molar-refractivity contribution in [3.8, 4) is 0 Å². The summed E-state index contributed by atoms with van der Waals surface area (Å²) in [7, 11) is -3.51. The van der Waals surface area contributed by atoms with Crippen LogP contribution in [0.1, 0.15) is 42.3 Å². The smallest absolute Gasteiger partial charge is 0.251 e. The van der Waals surface area contributed by atoms with E-state index in [1.165, 1.54) is 34.7 Å². The topological polar surface area (TPSA) is 79.7 Å². The maximum atomic E-state index is 12.5. The first kappa shape index (κ1) is 22.1. The van der Waals surface area contributed by atoms with Crippen LogP contribution in [0, 0.1) is 0 Å². The molecule has 0 unspecified atom stereocenters. The Morgan fingerprint density at radius 1 is 0.929 bits per heavy atom. The fraction of sp³-hybridized carbons (Fsp3) is 0.381. The molecular formula is C21H30N3O3S+. The van der Waals surface area contributed by atoms with Crippen molar-refractivity contribution in [2.24, 2.45) is 0 Å². The summed E-state index contributed by atoms with van der Waals surface area (Å²) in [5.74, 6) is -0.225. The fourth-order valence-electron chi connectivity index (χ4n) is 3.01. The monoisotopic (exact) mass is 404 g/mol. The van der Waals surface area contributed by atoms with Gasteiger partial charge < -0.3 is 10.2 Å². The number of benzene rings is 2. The molecule has 1 amide bonds. The summed E-state index contributed by atoms with van der Waals surface area (Å²) in [5, 5.41) is 2.94. The molecule has 152 valence electrons. The van der Waals surface area contributed by atoms with Crippen LogP contribution in [-0.4, -0.2) is 34.0 Å². The van der Waals surface area contributed by atoms with Gasteiger partial charge in [0.05, 0.1) is 18.0 Å². The molecule has 28 heavy (non-hydrogen) atoms. The first-order chi connectivity index (χ1) is 13.4. The maximum Gasteiger partial charge on any atom is 0.251 e. The zero-order chi connectivity index (χ0) is 20.6. The van der Waals surface area contributed by atoms with Crippen molar-refractivity contribution in [3.63, 3.8) is 0 Å². The number of quaternary nitrogens is 1. The van der Waals surface area contributed by atoms with Crippen molar-refractivity contribution in [1.29, 1.82) is 0 Å². The summed E-state index contributed by atoms with van der Waals surface area (Å²) in [5.41, 5.74) is 2.76. The van der Waals surface area contributed by atoms with Gasteiger partial charge in [-0.1, -0.05) is 31.2 Å². The summed E-state index contributed by atoms with van der Waals surface area (Å²) in [4.78, 5) is 14.1. The summed E-state index contributed by atoms with van der Waals surface area (Å²) in [6.07, 6.45) is 0. The second-order valence-electron chi connectivity index (χ2n) is 6.61. The van der Waals surface area contributed by atoms with E-state index in [1.54, 1.807) is 6.92 Å². The molecule has 3 N–H and O–H groups in total. The van der Waals surface area contributed by atoms with Crippen LogP contribution in [0.4, 0.5) is 0 Å². The molecular weight excluding hydrogens is 374 g/mol. The third-order valence-electron chi connectivity index (χ3n) is 4.76. The summed E-state index contributed by atoms with van der Waals surface area (Å²) >= 11 is 0. The Hall–Kier alpha value is -2.22. The van der Waals surface area contributed by atoms with E-state index in [4.69, 9.17) is 0 Å². The molecule has 2 rings (SSSR count). The van der Waals surface area contributed by atoms with Crippen LogP contribution in [0.15, 0.2) is 53.4 Å². The highest BCUT2D eigenvalue weighted by atomic mass is 32.2. The first-order valence-corrected chi connectivity index (χ1v) is 11.2. The van der Waals surface area contributed by atoms with Gasteiger partial charge in [0.25, 0.3) is 5.91 Å². The minimum atomic E-state index is -3.51. The summed E-state index contributed by atoms with van der Waals surface area (Å²) in [6, 6.07) is 14.1. The van der Waals surface area contributed by atoms with E-state index in [0.29, 0.717) is 18.7 Å². The molecule has 0 spiro atoms. The van der Waals surface area contributed by atoms with Crippen LogP contribution in [0.5, 0.6) is 0 Å². The average Bonchev–Trinajstić information content (AvgIpc) is 2.71. The standard InChI is InChI=1S/C21H29N3O3S/c1-4-23-28(26,27)20-13-11-17(12-14-20)21(25)22-15-18-9-7-8-10-19(18)16-24(5-2)6-3/h7-14,23H,4-6,15-16H2,1-3H3,(H,22,25)/p+1. The minimum absolute atomic E-state index is 0.151. The lowest BCUT2D eigenvalue weighted by molar-refractivity contribution is -0.910. The maximum absolute atomic E-state index is 12.5. The van der Waals surface area contributed by atoms with Crippen molar-refractivity contribution in [2.45, 2.75) is 38.8 Å². The molecule has 0 aliphatic carbocycles. The van der Waals surface area contributed by atoms with Crippen LogP contribution < -0.4 is 14.9 Å². The molecule has 0 atom stereocenters. The first-order valence-electron chi connectivity index (χ1n) is 9.69. The van der Waals surface area contributed by atoms with E-state index >= 15 is 0 Å². The van der Waals surface area contributed by atoms with E-state index in [1.807, 2.05) is 18.2 Å². The normalized spacial score (nSPS) is 11.6. The molecule has 7 heteroatoms. The zero-order valence-electron chi connectivity index (χ0n) is 16.8. The highest BCUT2D eigenvalue weighted by Gasteiger charge is 2.14. The average molecular weight is 405 g/mol. The predicted molar refractivity (Wildman–Crippen MR) is 111 cm³/mol. The Kier molecular flexibility index (Phi) is 8.17. The van der Waals surface area contributed by atoms with E-state index in [-0.39, 0.29) is 10.8 Å². The third-order valence-corrected chi connectivity index (χ3v) is 6.32. The Morgan fingerprint density at radius 3 is 2.11 bits per heavy atom. The van der Waals surface area contributed by atoms with Crippen molar-refractivity contribution >= 4 is 15.9 Å².